The molecule has 0 aliphatic carbocycles. The van der Waals surface area contributed by atoms with E-state index in [0.717, 1.165) is 12.1 Å². The average molecular weight is 188 g/mol. The Morgan fingerprint density at radius 3 is 2.46 bits per heavy atom. The summed E-state index contributed by atoms with van der Waals surface area (Å²) in [5, 5.41) is 8.91. The van der Waals surface area contributed by atoms with Crippen molar-refractivity contribution in [1.29, 1.82) is 0 Å². The number of hydrogen-bond donors (Lipinski definition) is 3. The van der Waals surface area contributed by atoms with Gasteiger partial charge < -0.3 is 16.6 Å². The first-order valence-electron chi connectivity index (χ1n) is 3.69. The maximum atomic E-state index is 12.7. The third-order valence-electron chi connectivity index (χ3n) is 1.71. The first kappa shape index (κ1) is 9.88. The third-order valence-corrected chi connectivity index (χ3v) is 1.71. The highest BCUT2D eigenvalue weighted by molar-refractivity contribution is 5.32. The lowest BCUT2D eigenvalue weighted by atomic mass is 10.1. The molecule has 0 unspecified atom stereocenters. The van der Waals surface area contributed by atoms with Crippen LogP contribution in [0.1, 0.15) is 11.6 Å². The fourth-order valence-electron chi connectivity index (χ4n) is 0.945. The van der Waals surface area contributed by atoms with Crippen molar-refractivity contribution in [3.05, 3.63) is 29.3 Å². The van der Waals surface area contributed by atoms with Gasteiger partial charge in [0.1, 0.15) is 0 Å². The molecule has 0 aliphatic heterocycles. The van der Waals surface area contributed by atoms with Gasteiger partial charge in [-0.2, -0.15) is 4.39 Å². The Bertz CT molecular complexity index is 294. The molecule has 1 aromatic carbocycles. The van der Waals surface area contributed by atoms with Crippen LogP contribution in [-0.4, -0.2) is 11.7 Å². The molecule has 1 aromatic rings. The highest BCUT2D eigenvalue weighted by atomic mass is 19.2. The maximum Gasteiger partial charge on any atom is 0.200 e. The predicted molar refractivity (Wildman–Crippen MR) is 44.0 cm³/mol. The summed E-state index contributed by atoms with van der Waals surface area (Å²) >= 11 is 0. The van der Waals surface area contributed by atoms with Crippen LogP contribution in [0.3, 0.4) is 0 Å². The van der Waals surface area contributed by atoms with Gasteiger partial charge in [0, 0.05) is 12.6 Å². The lowest BCUT2D eigenvalue weighted by molar-refractivity contribution is 0.405. The standard InChI is InChI=1S/C8H10F2N2O/c9-5-1-4(6(12)3-11)2-7(13)8(5)10/h1-2,6,13H,3,11-12H2/t6-/m1/s1. The monoisotopic (exact) mass is 188 g/mol. The summed E-state index contributed by atoms with van der Waals surface area (Å²) in [4.78, 5) is 0. The van der Waals surface area contributed by atoms with E-state index in [-0.39, 0.29) is 12.1 Å². The number of phenols is 1. The minimum absolute atomic E-state index is 0.102. The highest BCUT2D eigenvalue weighted by Gasteiger charge is 2.12. The topological polar surface area (TPSA) is 72.3 Å². The van der Waals surface area contributed by atoms with E-state index in [0.29, 0.717) is 0 Å². The summed E-state index contributed by atoms with van der Waals surface area (Å²) in [5.41, 5.74) is 11.0. The van der Waals surface area contributed by atoms with Crippen LogP contribution >= 0.6 is 0 Å². The summed E-state index contributed by atoms with van der Waals surface area (Å²) in [7, 11) is 0. The van der Waals surface area contributed by atoms with E-state index < -0.39 is 23.4 Å². The molecule has 13 heavy (non-hydrogen) atoms. The van der Waals surface area contributed by atoms with E-state index in [2.05, 4.69) is 0 Å². The van der Waals surface area contributed by atoms with Crippen LogP contribution in [0.2, 0.25) is 0 Å². The fraction of sp³-hybridized carbons (Fsp3) is 0.250. The van der Waals surface area contributed by atoms with Crippen molar-refractivity contribution in [2.24, 2.45) is 11.5 Å². The number of benzene rings is 1. The molecular weight excluding hydrogens is 178 g/mol. The Labute approximate surface area is 74.0 Å². The number of hydrogen-bond acceptors (Lipinski definition) is 3. The summed E-state index contributed by atoms with van der Waals surface area (Å²) < 4.78 is 25.3. The molecule has 5 N–H and O–H groups in total. The first-order chi connectivity index (χ1) is 6.06. The van der Waals surface area contributed by atoms with Gasteiger partial charge >= 0.3 is 0 Å². The number of rotatable bonds is 2. The van der Waals surface area contributed by atoms with Gasteiger partial charge in [-0.05, 0) is 17.7 Å². The molecule has 1 atom stereocenters. The Hall–Kier alpha value is -1.20. The Morgan fingerprint density at radius 1 is 1.38 bits per heavy atom. The van der Waals surface area contributed by atoms with Gasteiger partial charge in [0.05, 0.1) is 0 Å². The van der Waals surface area contributed by atoms with Crippen LogP contribution < -0.4 is 11.5 Å². The quantitative estimate of drug-likeness (QED) is 0.637. The van der Waals surface area contributed by atoms with Gasteiger partial charge in [-0.1, -0.05) is 0 Å². The van der Waals surface area contributed by atoms with Gasteiger partial charge in [-0.15, -0.1) is 0 Å². The molecule has 0 radical (unpaired) electrons. The summed E-state index contributed by atoms with van der Waals surface area (Å²) in [6, 6.07) is 1.39. The second-order valence-electron chi connectivity index (χ2n) is 2.68. The first-order valence-corrected chi connectivity index (χ1v) is 3.69. The highest BCUT2D eigenvalue weighted by Crippen LogP contribution is 2.23. The van der Waals surface area contributed by atoms with Crippen molar-refractivity contribution < 1.29 is 13.9 Å². The molecule has 3 nitrogen and oxygen atoms in total. The molecule has 0 aliphatic rings. The Balaban J connectivity index is 3.13. The van der Waals surface area contributed by atoms with Crippen molar-refractivity contribution in [3.8, 4) is 5.75 Å². The van der Waals surface area contributed by atoms with E-state index in [9.17, 15) is 8.78 Å². The smallest absolute Gasteiger partial charge is 0.200 e. The molecule has 0 fully saturated rings. The zero-order valence-corrected chi connectivity index (χ0v) is 6.80. The molecule has 0 amide bonds. The molecule has 1 rings (SSSR count). The predicted octanol–water partition coefficient (Wildman–Crippen LogP) is 0.629. The van der Waals surface area contributed by atoms with Crippen molar-refractivity contribution in [1.82, 2.24) is 0 Å². The lowest BCUT2D eigenvalue weighted by Crippen LogP contribution is -2.20. The van der Waals surface area contributed by atoms with Crippen LogP contribution in [0, 0.1) is 11.6 Å². The summed E-state index contributed by atoms with van der Waals surface area (Å²) in [6.45, 7) is 0.102. The van der Waals surface area contributed by atoms with Crippen LogP contribution in [-0.2, 0) is 0 Å². The van der Waals surface area contributed by atoms with Crippen LogP contribution in [0.15, 0.2) is 12.1 Å². The number of halogens is 2. The van der Waals surface area contributed by atoms with Crippen LogP contribution in [0.25, 0.3) is 0 Å². The summed E-state index contributed by atoms with van der Waals surface area (Å²) in [6.07, 6.45) is 0. The minimum atomic E-state index is -1.27. The second-order valence-corrected chi connectivity index (χ2v) is 2.68. The fourth-order valence-corrected chi connectivity index (χ4v) is 0.945. The van der Waals surface area contributed by atoms with Gasteiger partial charge in [0.15, 0.2) is 17.4 Å². The van der Waals surface area contributed by atoms with Crippen molar-refractivity contribution in [3.63, 3.8) is 0 Å². The van der Waals surface area contributed by atoms with E-state index in [4.69, 9.17) is 16.6 Å². The molecule has 0 heterocycles. The molecule has 0 saturated heterocycles. The molecule has 0 saturated carbocycles. The van der Waals surface area contributed by atoms with Crippen LogP contribution in [0.4, 0.5) is 8.78 Å². The largest absolute Gasteiger partial charge is 0.505 e. The van der Waals surface area contributed by atoms with Gasteiger partial charge in [0.2, 0.25) is 0 Å². The Kier molecular flexibility index (Phi) is 2.79. The number of nitrogens with two attached hydrogens (primary N) is 2. The maximum absolute atomic E-state index is 12.7. The van der Waals surface area contributed by atoms with Crippen molar-refractivity contribution >= 4 is 0 Å². The molecule has 0 spiro atoms. The molecule has 0 aromatic heterocycles. The van der Waals surface area contributed by atoms with Gasteiger partial charge in [0.25, 0.3) is 0 Å². The molecule has 5 heteroatoms. The minimum Gasteiger partial charge on any atom is -0.505 e. The zero-order chi connectivity index (χ0) is 10.0. The molecule has 0 bridgehead atoms. The lowest BCUT2D eigenvalue weighted by Gasteiger charge is -2.09. The van der Waals surface area contributed by atoms with Crippen molar-refractivity contribution in [2.45, 2.75) is 6.04 Å². The second kappa shape index (κ2) is 3.68. The van der Waals surface area contributed by atoms with E-state index in [1.54, 1.807) is 0 Å². The Morgan fingerprint density at radius 2 is 2.00 bits per heavy atom. The average Bonchev–Trinajstić information content (AvgIpc) is 2.12. The SMILES string of the molecule is NC[C@@H](N)c1cc(O)c(F)c(F)c1. The third kappa shape index (κ3) is 1.93. The van der Waals surface area contributed by atoms with E-state index in [1.165, 1.54) is 0 Å². The van der Waals surface area contributed by atoms with E-state index >= 15 is 0 Å². The van der Waals surface area contributed by atoms with Gasteiger partial charge in [-0.25, -0.2) is 4.39 Å². The molecule has 72 valence electrons. The molecular formula is C8H10F2N2O. The van der Waals surface area contributed by atoms with E-state index in [1.807, 2.05) is 0 Å². The zero-order valence-electron chi connectivity index (χ0n) is 6.80. The normalized spacial score (nSPS) is 12.9. The van der Waals surface area contributed by atoms with Gasteiger partial charge in [-0.3, -0.25) is 0 Å². The van der Waals surface area contributed by atoms with Crippen LogP contribution in [0.5, 0.6) is 5.75 Å². The summed E-state index contributed by atoms with van der Waals surface area (Å²) in [5.74, 6) is -3.15. The number of aromatic hydroxyl groups is 1. The van der Waals surface area contributed by atoms with Crippen molar-refractivity contribution in [2.75, 3.05) is 6.54 Å². The number of phenolic OH excluding ortho intramolecular Hbond substituents is 1.